The molecule has 1 heterocycles. The number of hydrogen-bond acceptors (Lipinski definition) is 7. The van der Waals surface area contributed by atoms with Crippen molar-refractivity contribution < 1.29 is 9.85 Å². The summed E-state index contributed by atoms with van der Waals surface area (Å²) in [5.41, 5.74) is 0.964. The molecule has 3 rings (SSSR count). The summed E-state index contributed by atoms with van der Waals surface area (Å²) in [6.45, 7) is 0.514. The summed E-state index contributed by atoms with van der Waals surface area (Å²) in [5.74, 6) is 0. The summed E-state index contributed by atoms with van der Waals surface area (Å²) in [4.78, 5) is 20.7. The van der Waals surface area contributed by atoms with Crippen LogP contribution in [0, 0.1) is 20.2 Å². The van der Waals surface area contributed by atoms with Crippen molar-refractivity contribution in [2.24, 2.45) is 0 Å². The van der Waals surface area contributed by atoms with E-state index in [1.54, 1.807) is 4.68 Å². The predicted molar refractivity (Wildman–Crippen MR) is 92.2 cm³/mol. The van der Waals surface area contributed by atoms with Crippen LogP contribution < -0.4 is 4.72 Å². The van der Waals surface area contributed by atoms with Crippen LogP contribution in [-0.4, -0.2) is 45.0 Å². The quantitative estimate of drug-likeness (QED) is 0.318. The third kappa shape index (κ3) is 4.26. The number of aromatic nitrogens is 4. The average Bonchev–Trinajstić information content (AvgIpc) is 3.07. The Labute approximate surface area is 153 Å². The predicted octanol–water partition coefficient (Wildman–Crippen LogP) is 1.07. The van der Waals surface area contributed by atoms with Gasteiger partial charge in [0.2, 0.25) is 0 Å². The van der Waals surface area contributed by atoms with Crippen LogP contribution in [0.25, 0.3) is 0 Å². The minimum atomic E-state index is -0.636. The number of hydrogen-bond donors (Lipinski definition) is 0. The fourth-order valence-corrected chi connectivity index (χ4v) is 3.95. The van der Waals surface area contributed by atoms with E-state index in [1.165, 1.54) is 12.1 Å². The second-order valence-electron chi connectivity index (χ2n) is 5.27. The van der Waals surface area contributed by atoms with Gasteiger partial charge in [0, 0.05) is 0 Å². The van der Waals surface area contributed by atoms with Crippen LogP contribution in [0.5, 0.6) is 0 Å². The summed E-state index contributed by atoms with van der Waals surface area (Å²) in [6, 6.07) is 13.3. The van der Waals surface area contributed by atoms with Gasteiger partial charge in [0.25, 0.3) is 0 Å². The molecular formula is C15H12N6O4Se. The first-order valence-corrected chi connectivity index (χ1v) is 9.45. The van der Waals surface area contributed by atoms with Crippen molar-refractivity contribution in [1.29, 1.82) is 0 Å². The SMILES string of the molecule is O=[N+]([O-])c1cc(C[Se]c2nnnn2Cc2ccccc2)cc([N+](=O)[O-])c1. The summed E-state index contributed by atoms with van der Waals surface area (Å²) in [6.07, 6.45) is 0. The van der Waals surface area contributed by atoms with E-state index in [1.807, 2.05) is 30.3 Å². The molecule has 0 aliphatic carbocycles. The van der Waals surface area contributed by atoms with Crippen LogP contribution >= 0.6 is 0 Å². The van der Waals surface area contributed by atoms with Crippen molar-refractivity contribution in [3.8, 4) is 0 Å². The summed E-state index contributed by atoms with van der Waals surface area (Å²) < 4.78 is 2.33. The van der Waals surface area contributed by atoms with Gasteiger partial charge in [0.1, 0.15) is 0 Å². The van der Waals surface area contributed by atoms with Gasteiger partial charge < -0.3 is 0 Å². The molecule has 132 valence electrons. The molecule has 0 aliphatic rings. The van der Waals surface area contributed by atoms with Crippen LogP contribution in [0.4, 0.5) is 11.4 Å². The monoisotopic (exact) mass is 420 g/mol. The fourth-order valence-electron chi connectivity index (χ4n) is 2.25. The molecule has 0 amide bonds. The van der Waals surface area contributed by atoms with E-state index < -0.39 is 9.85 Å². The number of nitrogens with zero attached hydrogens (tertiary/aromatic N) is 6. The van der Waals surface area contributed by atoms with Gasteiger partial charge in [-0.25, -0.2) is 0 Å². The Hall–Kier alpha value is -3.17. The number of tetrazole rings is 1. The summed E-state index contributed by atoms with van der Waals surface area (Å²) >= 11 is -0.235. The number of rotatable bonds is 7. The van der Waals surface area contributed by atoms with Gasteiger partial charge in [-0.2, -0.15) is 0 Å². The molecule has 0 fully saturated rings. The second-order valence-corrected chi connectivity index (χ2v) is 7.24. The van der Waals surface area contributed by atoms with Crippen LogP contribution in [0.2, 0.25) is 0 Å². The Bertz CT molecular complexity index is 914. The molecule has 3 aromatic rings. The van der Waals surface area contributed by atoms with Crippen molar-refractivity contribution in [2.75, 3.05) is 0 Å². The average molecular weight is 419 g/mol. The fraction of sp³-hybridized carbons (Fsp3) is 0.133. The topological polar surface area (TPSA) is 130 Å². The van der Waals surface area contributed by atoms with E-state index in [-0.39, 0.29) is 26.3 Å². The molecule has 0 bridgehead atoms. The summed E-state index contributed by atoms with van der Waals surface area (Å²) in [5, 5.41) is 34.0. The zero-order valence-corrected chi connectivity index (χ0v) is 15.0. The molecule has 1 aromatic heterocycles. The molecule has 10 nitrogen and oxygen atoms in total. The van der Waals surface area contributed by atoms with Crippen molar-refractivity contribution in [3.63, 3.8) is 0 Å². The molecule has 11 heteroatoms. The van der Waals surface area contributed by atoms with Crippen LogP contribution in [0.1, 0.15) is 11.1 Å². The molecule has 0 saturated heterocycles. The van der Waals surface area contributed by atoms with Gasteiger partial charge >= 0.3 is 153 Å². The molecule has 0 unspecified atom stereocenters. The molecule has 0 N–H and O–H groups in total. The molecule has 2 aromatic carbocycles. The number of benzene rings is 2. The molecule has 0 atom stereocenters. The normalized spacial score (nSPS) is 10.6. The Morgan fingerprint density at radius 1 is 0.962 bits per heavy atom. The van der Waals surface area contributed by atoms with Gasteiger partial charge in [-0.15, -0.1) is 0 Å². The second kappa shape index (κ2) is 7.81. The van der Waals surface area contributed by atoms with E-state index in [4.69, 9.17) is 0 Å². The van der Waals surface area contributed by atoms with Crippen molar-refractivity contribution in [3.05, 3.63) is 79.9 Å². The van der Waals surface area contributed by atoms with Crippen molar-refractivity contribution in [1.82, 2.24) is 20.2 Å². The number of non-ortho nitro benzene ring substituents is 2. The zero-order valence-electron chi connectivity index (χ0n) is 13.3. The molecule has 0 spiro atoms. The minimum absolute atomic E-state index is 0.235. The third-order valence-electron chi connectivity index (χ3n) is 3.43. The summed E-state index contributed by atoms with van der Waals surface area (Å²) in [7, 11) is 0. The third-order valence-corrected chi connectivity index (χ3v) is 5.58. The van der Waals surface area contributed by atoms with E-state index in [0.717, 1.165) is 11.6 Å². The molecule has 0 aliphatic heterocycles. The van der Waals surface area contributed by atoms with E-state index >= 15 is 0 Å². The van der Waals surface area contributed by atoms with Crippen molar-refractivity contribution >= 4 is 31.1 Å². The van der Waals surface area contributed by atoms with Crippen molar-refractivity contribution in [2.45, 2.75) is 11.9 Å². The Morgan fingerprint density at radius 2 is 1.62 bits per heavy atom. The molecular weight excluding hydrogens is 407 g/mol. The first-order chi connectivity index (χ1) is 12.5. The molecule has 26 heavy (non-hydrogen) atoms. The first kappa shape index (κ1) is 17.6. The van der Waals surface area contributed by atoms with E-state index in [9.17, 15) is 20.2 Å². The van der Waals surface area contributed by atoms with Crippen LogP contribution in [0.3, 0.4) is 0 Å². The maximum absolute atomic E-state index is 11.0. The number of nitro benzene ring substituents is 2. The zero-order chi connectivity index (χ0) is 18.5. The van der Waals surface area contributed by atoms with Gasteiger partial charge in [-0.1, -0.05) is 0 Å². The van der Waals surface area contributed by atoms with Crippen LogP contribution in [0.15, 0.2) is 48.5 Å². The Kier molecular flexibility index (Phi) is 5.30. The first-order valence-electron chi connectivity index (χ1n) is 7.38. The molecule has 0 saturated carbocycles. The van der Waals surface area contributed by atoms with Gasteiger partial charge in [-0.05, 0) is 0 Å². The maximum atomic E-state index is 11.0. The standard InChI is InChI=1S/C15H12N6O4Se/c22-20(23)13-6-12(7-14(8-13)21(24)25)10-26-15-16-17-18-19(15)9-11-4-2-1-3-5-11/h1-8H,9-10H2. The van der Waals surface area contributed by atoms with Crippen LogP contribution in [-0.2, 0) is 11.9 Å². The van der Waals surface area contributed by atoms with E-state index in [0.29, 0.717) is 22.2 Å². The van der Waals surface area contributed by atoms with Gasteiger partial charge in [0.15, 0.2) is 0 Å². The number of nitro groups is 2. The molecule has 0 radical (unpaired) electrons. The van der Waals surface area contributed by atoms with Gasteiger partial charge in [0.05, 0.1) is 0 Å². The van der Waals surface area contributed by atoms with Gasteiger partial charge in [-0.3, -0.25) is 0 Å². The Morgan fingerprint density at radius 3 is 2.23 bits per heavy atom. The Balaban J connectivity index is 1.77. The van der Waals surface area contributed by atoms with E-state index in [2.05, 4.69) is 15.5 Å².